The summed E-state index contributed by atoms with van der Waals surface area (Å²) in [7, 11) is 0. The maximum absolute atomic E-state index is 12.5. The number of thioether (sulfide) groups is 1. The summed E-state index contributed by atoms with van der Waals surface area (Å²) in [6.07, 6.45) is 9.69. The molecule has 0 aliphatic carbocycles. The van der Waals surface area contributed by atoms with Crippen LogP contribution in [-0.2, 0) is 16.0 Å². The fourth-order valence-electron chi connectivity index (χ4n) is 2.32. The van der Waals surface area contributed by atoms with Crippen LogP contribution in [0.25, 0.3) is 0 Å². The van der Waals surface area contributed by atoms with Gasteiger partial charge in [0, 0.05) is 25.4 Å². The van der Waals surface area contributed by atoms with E-state index in [4.69, 9.17) is 6.42 Å². The van der Waals surface area contributed by atoms with Gasteiger partial charge in [-0.05, 0) is 13.3 Å². The molecule has 0 spiro atoms. The van der Waals surface area contributed by atoms with Gasteiger partial charge in [-0.3, -0.25) is 9.59 Å². The summed E-state index contributed by atoms with van der Waals surface area (Å²) >= 11 is 1.25. The average Bonchev–Trinajstić information content (AvgIpc) is 3.20. The molecule has 1 aliphatic rings. The van der Waals surface area contributed by atoms with E-state index in [0.29, 0.717) is 24.4 Å². The number of carbonyl (C=O) groups is 2. The second kappa shape index (κ2) is 8.23. The van der Waals surface area contributed by atoms with Gasteiger partial charge in [0.2, 0.25) is 5.91 Å². The molecule has 124 valence electrons. The Balaban J connectivity index is 2.18. The molecule has 7 nitrogen and oxygen atoms in total. The summed E-state index contributed by atoms with van der Waals surface area (Å²) < 4.78 is 0. The minimum Gasteiger partial charge on any atom is -0.349 e. The third kappa shape index (κ3) is 3.79. The highest BCUT2D eigenvalue weighted by Gasteiger charge is 2.38. The van der Waals surface area contributed by atoms with Gasteiger partial charge < -0.3 is 15.2 Å². The Morgan fingerprint density at radius 3 is 3.00 bits per heavy atom. The normalized spacial score (nSPS) is 18.9. The molecule has 1 unspecified atom stereocenters. The van der Waals surface area contributed by atoms with E-state index in [1.807, 2.05) is 13.0 Å². The van der Waals surface area contributed by atoms with Gasteiger partial charge in [-0.2, -0.15) is 5.26 Å². The minimum absolute atomic E-state index is 0.0317. The maximum atomic E-state index is 12.5. The van der Waals surface area contributed by atoms with E-state index in [2.05, 4.69) is 21.2 Å². The number of terminal acetylenes is 1. The Morgan fingerprint density at radius 2 is 2.42 bits per heavy atom. The molecular formula is C16H17N5O2S. The molecular weight excluding hydrogens is 326 g/mol. The SMILES string of the molecule is C#CCNC(=O)/C(C#N)=C1\SC(CCc2ncc[nH]2)C(=O)N1CC. The van der Waals surface area contributed by atoms with Crippen molar-refractivity contribution in [3.8, 4) is 18.4 Å². The van der Waals surface area contributed by atoms with Crippen molar-refractivity contribution in [2.45, 2.75) is 25.0 Å². The fourth-order valence-corrected chi connectivity index (χ4v) is 3.65. The molecule has 0 saturated carbocycles. The lowest BCUT2D eigenvalue weighted by Crippen LogP contribution is -2.31. The maximum Gasteiger partial charge on any atom is 0.265 e. The molecule has 1 aromatic rings. The van der Waals surface area contributed by atoms with Crippen molar-refractivity contribution in [2.75, 3.05) is 13.1 Å². The van der Waals surface area contributed by atoms with E-state index in [-0.39, 0.29) is 23.3 Å². The van der Waals surface area contributed by atoms with Crippen LogP contribution >= 0.6 is 11.8 Å². The van der Waals surface area contributed by atoms with Gasteiger partial charge in [-0.1, -0.05) is 17.7 Å². The van der Waals surface area contributed by atoms with Crippen molar-refractivity contribution >= 4 is 23.6 Å². The minimum atomic E-state index is -0.559. The molecule has 24 heavy (non-hydrogen) atoms. The van der Waals surface area contributed by atoms with E-state index >= 15 is 0 Å². The molecule has 1 aliphatic heterocycles. The first-order valence-electron chi connectivity index (χ1n) is 7.44. The fraction of sp³-hybridized carbons (Fsp3) is 0.375. The van der Waals surface area contributed by atoms with Gasteiger partial charge in [0.1, 0.15) is 22.5 Å². The second-order valence-electron chi connectivity index (χ2n) is 4.94. The van der Waals surface area contributed by atoms with Crippen LogP contribution < -0.4 is 5.32 Å². The number of imidazole rings is 1. The Morgan fingerprint density at radius 1 is 1.62 bits per heavy atom. The highest BCUT2D eigenvalue weighted by atomic mass is 32.2. The summed E-state index contributed by atoms with van der Waals surface area (Å²) in [5.41, 5.74) is -0.0778. The molecule has 1 fully saturated rings. The highest BCUT2D eigenvalue weighted by molar-refractivity contribution is 8.04. The van der Waals surface area contributed by atoms with Crippen molar-refractivity contribution in [3.05, 3.63) is 28.8 Å². The smallest absolute Gasteiger partial charge is 0.265 e. The number of rotatable bonds is 6. The van der Waals surface area contributed by atoms with Crippen LogP contribution in [0.3, 0.4) is 0 Å². The molecule has 0 radical (unpaired) electrons. The molecule has 2 N–H and O–H groups in total. The largest absolute Gasteiger partial charge is 0.349 e. The Kier molecular flexibility index (Phi) is 6.05. The van der Waals surface area contributed by atoms with Gasteiger partial charge in [0.25, 0.3) is 5.91 Å². The Bertz CT molecular complexity index is 727. The van der Waals surface area contributed by atoms with Crippen molar-refractivity contribution in [3.63, 3.8) is 0 Å². The molecule has 2 amide bonds. The van der Waals surface area contributed by atoms with E-state index in [0.717, 1.165) is 5.82 Å². The van der Waals surface area contributed by atoms with Crippen LogP contribution in [0.15, 0.2) is 23.0 Å². The summed E-state index contributed by atoms with van der Waals surface area (Å²) in [4.78, 5) is 33.2. The monoisotopic (exact) mass is 343 g/mol. The number of hydrogen-bond acceptors (Lipinski definition) is 5. The van der Waals surface area contributed by atoms with Gasteiger partial charge in [0.05, 0.1) is 11.8 Å². The number of nitrogens with zero attached hydrogens (tertiary/aromatic N) is 3. The second-order valence-corrected chi connectivity index (χ2v) is 6.13. The number of hydrogen-bond donors (Lipinski definition) is 2. The van der Waals surface area contributed by atoms with Crippen molar-refractivity contribution in [2.24, 2.45) is 0 Å². The van der Waals surface area contributed by atoms with E-state index < -0.39 is 5.91 Å². The first-order chi connectivity index (χ1) is 11.6. The molecule has 1 aromatic heterocycles. The standard InChI is InChI=1S/C16H17N5O2S/c1-3-7-20-14(22)11(10-17)16-21(4-2)15(23)12(24-16)5-6-13-18-8-9-19-13/h1,8-9,12H,4-7H2,2H3,(H,18,19)(H,20,22)/b16-11-. The van der Waals surface area contributed by atoms with Crippen LogP contribution in [0, 0.1) is 23.7 Å². The quantitative estimate of drug-likeness (QED) is 0.452. The van der Waals surface area contributed by atoms with Gasteiger partial charge in [-0.25, -0.2) is 4.98 Å². The van der Waals surface area contributed by atoms with Crippen LogP contribution in [0.4, 0.5) is 0 Å². The van der Waals surface area contributed by atoms with Crippen LogP contribution in [0.2, 0.25) is 0 Å². The topological polar surface area (TPSA) is 102 Å². The predicted octanol–water partition coefficient (Wildman–Crippen LogP) is 0.791. The highest BCUT2D eigenvalue weighted by Crippen LogP contribution is 2.39. The van der Waals surface area contributed by atoms with Crippen molar-refractivity contribution in [1.29, 1.82) is 5.26 Å². The summed E-state index contributed by atoms with van der Waals surface area (Å²) in [5, 5.41) is 11.9. The number of aromatic amines is 1. The third-order valence-corrected chi connectivity index (χ3v) is 4.83. The van der Waals surface area contributed by atoms with Crippen LogP contribution in [0.1, 0.15) is 19.2 Å². The predicted molar refractivity (Wildman–Crippen MR) is 90.2 cm³/mol. The molecule has 2 rings (SSSR count). The zero-order chi connectivity index (χ0) is 17.5. The molecule has 0 aromatic carbocycles. The van der Waals surface area contributed by atoms with E-state index in [1.165, 1.54) is 16.7 Å². The van der Waals surface area contributed by atoms with Crippen molar-refractivity contribution < 1.29 is 9.59 Å². The molecule has 2 heterocycles. The lowest BCUT2D eigenvalue weighted by molar-refractivity contribution is -0.127. The number of aryl methyl sites for hydroxylation is 1. The Labute approximate surface area is 144 Å². The van der Waals surface area contributed by atoms with E-state index in [9.17, 15) is 14.9 Å². The summed E-state index contributed by atoms with van der Waals surface area (Å²) in [6.45, 7) is 2.23. The van der Waals surface area contributed by atoms with Crippen LogP contribution in [0.5, 0.6) is 0 Å². The van der Waals surface area contributed by atoms with Crippen molar-refractivity contribution in [1.82, 2.24) is 20.2 Å². The number of amides is 2. The number of nitriles is 1. The number of H-pyrrole nitrogens is 1. The summed E-state index contributed by atoms with van der Waals surface area (Å²) in [5.74, 6) is 2.43. The lowest BCUT2D eigenvalue weighted by Gasteiger charge is -2.15. The lowest BCUT2D eigenvalue weighted by atomic mass is 10.2. The number of carbonyl (C=O) groups excluding carboxylic acids is 2. The first-order valence-corrected chi connectivity index (χ1v) is 8.32. The Hall–Kier alpha value is -2.71. The van der Waals surface area contributed by atoms with Crippen LogP contribution in [-0.4, -0.2) is 45.0 Å². The average molecular weight is 343 g/mol. The zero-order valence-corrected chi connectivity index (χ0v) is 14.0. The molecule has 1 atom stereocenters. The number of aromatic nitrogens is 2. The molecule has 8 heteroatoms. The van der Waals surface area contributed by atoms with E-state index in [1.54, 1.807) is 12.4 Å². The third-order valence-electron chi connectivity index (χ3n) is 3.46. The summed E-state index contributed by atoms with van der Waals surface area (Å²) in [6, 6.07) is 1.89. The number of nitrogens with one attached hydrogen (secondary N) is 2. The van der Waals surface area contributed by atoms with Gasteiger partial charge in [-0.15, -0.1) is 6.42 Å². The first kappa shape index (κ1) is 17.6. The van der Waals surface area contributed by atoms with Gasteiger partial charge >= 0.3 is 0 Å². The zero-order valence-electron chi connectivity index (χ0n) is 13.2. The molecule has 0 bridgehead atoms. The van der Waals surface area contributed by atoms with Gasteiger partial charge in [0.15, 0.2) is 0 Å². The molecule has 1 saturated heterocycles.